The molecular formula is C18H16F2N4OS. The van der Waals surface area contributed by atoms with Crippen LogP contribution >= 0.6 is 11.3 Å². The molecule has 0 N–H and O–H groups in total. The molecule has 0 spiro atoms. The topological polar surface area (TPSA) is 43.2 Å². The minimum absolute atomic E-state index is 0.316. The summed E-state index contributed by atoms with van der Waals surface area (Å²) in [6.07, 6.45) is 3.66. The van der Waals surface area contributed by atoms with E-state index < -0.39 is 11.6 Å². The van der Waals surface area contributed by atoms with E-state index in [0.29, 0.717) is 23.1 Å². The van der Waals surface area contributed by atoms with E-state index in [2.05, 4.69) is 21.8 Å². The van der Waals surface area contributed by atoms with Crippen LogP contribution in [-0.4, -0.2) is 31.6 Å². The van der Waals surface area contributed by atoms with Gasteiger partial charge >= 0.3 is 0 Å². The van der Waals surface area contributed by atoms with E-state index in [1.807, 2.05) is 10.8 Å². The zero-order chi connectivity index (χ0) is 17.9. The molecule has 0 saturated carbocycles. The molecule has 0 unspecified atom stereocenters. The maximum absolute atomic E-state index is 14.0. The first-order chi connectivity index (χ1) is 12.5. The van der Waals surface area contributed by atoms with E-state index in [1.165, 1.54) is 23.5 Å². The molecule has 3 aromatic rings. The number of benzene rings is 1. The van der Waals surface area contributed by atoms with Gasteiger partial charge in [-0.2, -0.15) is 0 Å². The van der Waals surface area contributed by atoms with Crippen LogP contribution in [0.2, 0.25) is 0 Å². The summed E-state index contributed by atoms with van der Waals surface area (Å²) in [4.78, 5) is 12.2. The second-order valence-electron chi connectivity index (χ2n) is 7.05. The molecule has 26 heavy (non-hydrogen) atoms. The van der Waals surface area contributed by atoms with E-state index in [1.54, 1.807) is 6.20 Å². The maximum atomic E-state index is 14.0. The Bertz CT molecular complexity index is 955. The van der Waals surface area contributed by atoms with Crippen LogP contribution in [-0.2, 0) is 19.6 Å². The van der Waals surface area contributed by atoms with Crippen molar-refractivity contribution in [2.24, 2.45) is 0 Å². The van der Waals surface area contributed by atoms with Crippen molar-refractivity contribution in [1.29, 1.82) is 0 Å². The van der Waals surface area contributed by atoms with Gasteiger partial charge in [-0.05, 0) is 19.1 Å². The molecule has 5 nitrogen and oxygen atoms in total. The van der Waals surface area contributed by atoms with Crippen LogP contribution in [0, 0.1) is 11.6 Å². The molecule has 8 heteroatoms. The molecule has 0 aliphatic carbocycles. The second kappa shape index (κ2) is 5.59. The number of halogens is 2. The largest absolute Gasteiger partial charge is 0.455 e. The number of nitrogens with zero attached hydrogens (tertiary/aromatic N) is 4. The number of aromatic nitrogens is 3. The predicted molar refractivity (Wildman–Crippen MR) is 92.8 cm³/mol. The Hall–Kier alpha value is -2.32. The summed E-state index contributed by atoms with van der Waals surface area (Å²) < 4.78 is 35.1. The van der Waals surface area contributed by atoms with Crippen LogP contribution in [0.3, 0.4) is 0 Å². The van der Waals surface area contributed by atoms with Crippen LogP contribution < -0.4 is 4.74 Å². The van der Waals surface area contributed by atoms with Gasteiger partial charge in [0, 0.05) is 48.5 Å². The predicted octanol–water partition coefficient (Wildman–Crippen LogP) is 3.45. The molecule has 4 heterocycles. The van der Waals surface area contributed by atoms with Crippen molar-refractivity contribution in [2.45, 2.75) is 32.2 Å². The summed E-state index contributed by atoms with van der Waals surface area (Å²) in [5, 5.41) is 0.607. The Morgan fingerprint density at radius 1 is 1.31 bits per heavy atom. The molecule has 5 rings (SSSR count). The molecule has 0 saturated heterocycles. The summed E-state index contributed by atoms with van der Waals surface area (Å²) in [5.74, 6) is -1.15. The van der Waals surface area contributed by atoms with Crippen molar-refractivity contribution in [3.63, 3.8) is 0 Å². The Morgan fingerprint density at radius 2 is 2.19 bits per heavy atom. The van der Waals surface area contributed by atoms with Crippen molar-refractivity contribution in [3.05, 3.63) is 52.8 Å². The van der Waals surface area contributed by atoms with Gasteiger partial charge < -0.3 is 4.74 Å². The molecule has 0 fully saturated rings. The normalized spacial score (nSPS) is 21.7. The lowest BCUT2D eigenvalue weighted by atomic mass is 10.1. The first-order valence-corrected chi connectivity index (χ1v) is 9.17. The summed E-state index contributed by atoms with van der Waals surface area (Å²) in [6.45, 7) is 5.08. The monoisotopic (exact) mass is 374 g/mol. The Balaban J connectivity index is 1.31. The van der Waals surface area contributed by atoms with Gasteiger partial charge in [0.15, 0.2) is 0 Å². The minimum atomic E-state index is -0.578. The number of hydrogen-bond donors (Lipinski definition) is 0. The number of fused-ring (bicyclic) bond motifs is 2. The van der Waals surface area contributed by atoms with Gasteiger partial charge in [0.05, 0.1) is 12.2 Å². The van der Waals surface area contributed by atoms with Crippen molar-refractivity contribution >= 4 is 11.3 Å². The molecule has 0 radical (unpaired) electrons. The Labute approximate surface area is 152 Å². The molecule has 134 valence electrons. The highest BCUT2D eigenvalue weighted by Crippen LogP contribution is 2.36. The summed E-state index contributed by atoms with van der Waals surface area (Å²) in [7, 11) is 0. The Kier molecular flexibility index (Phi) is 3.42. The van der Waals surface area contributed by atoms with Gasteiger partial charge in [-0.1, -0.05) is 0 Å². The number of rotatable bonds is 3. The van der Waals surface area contributed by atoms with Crippen molar-refractivity contribution in [1.82, 2.24) is 19.4 Å². The molecule has 0 bridgehead atoms. The fourth-order valence-corrected chi connectivity index (χ4v) is 4.82. The highest BCUT2D eigenvalue weighted by atomic mass is 32.1. The van der Waals surface area contributed by atoms with Gasteiger partial charge in [0.2, 0.25) is 0 Å². The van der Waals surface area contributed by atoms with Gasteiger partial charge in [0.25, 0.3) is 6.01 Å². The van der Waals surface area contributed by atoms with E-state index in [9.17, 15) is 8.78 Å². The highest BCUT2D eigenvalue weighted by Gasteiger charge is 2.39. The lowest BCUT2D eigenvalue weighted by Crippen LogP contribution is -2.43. The van der Waals surface area contributed by atoms with Gasteiger partial charge in [0.1, 0.15) is 22.2 Å². The third-order valence-electron chi connectivity index (χ3n) is 4.76. The van der Waals surface area contributed by atoms with Gasteiger partial charge in [-0.15, -0.1) is 11.3 Å². The number of imidazole rings is 1. The van der Waals surface area contributed by atoms with E-state index >= 15 is 0 Å². The first-order valence-electron chi connectivity index (χ1n) is 8.36. The van der Waals surface area contributed by atoms with Crippen LogP contribution in [0.5, 0.6) is 6.01 Å². The SMILES string of the molecule is C[C@]1(CN2Cc3nc(-c4ccc(F)cc4F)sc3C2)Cn2ccnc2O1. The maximum Gasteiger partial charge on any atom is 0.297 e. The van der Waals surface area contributed by atoms with Gasteiger partial charge in [-0.25, -0.2) is 18.7 Å². The van der Waals surface area contributed by atoms with Crippen LogP contribution in [0.1, 0.15) is 17.5 Å². The fraction of sp³-hybridized carbons (Fsp3) is 0.333. The van der Waals surface area contributed by atoms with Crippen LogP contribution in [0.15, 0.2) is 30.6 Å². The molecular weight excluding hydrogens is 358 g/mol. The van der Waals surface area contributed by atoms with E-state index in [0.717, 1.165) is 36.3 Å². The molecule has 1 aromatic carbocycles. The average Bonchev–Trinajstić information content (AvgIpc) is 3.26. The highest BCUT2D eigenvalue weighted by molar-refractivity contribution is 7.15. The fourth-order valence-electron chi connectivity index (χ4n) is 3.68. The van der Waals surface area contributed by atoms with E-state index in [4.69, 9.17) is 4.74 Å². The van der Waals surface area contributed by atoms with Gasteiger partial charge in [-0.3, -0.25) is 9.47 Å². The lowest BCUT2D eigenvalue weighted by molar-refractivity contribution is 0.0567. The molecule has 0 amide bonds. The molecule has 2 aliphatic rings. The van der Waals surface area contributed by atoms with Crippen LogP contribution in [0.25, 0.3) is 10.6 Å². The third-order valence-corrected chi connectivity index (χ3v) is 5.87. The number of ether oxygens (including phenoxy) is 1. The number of thiazole rings is 1. The lowest BCUT2D eigenvalue weighted by Gasteiger charge is -2.28. The standard InChI is InChI=1S/C18H16F2N4OS/c1-18(10-24-5-4-21-17(24)25-18)9-23-7-14-15(8-23)26-16(22-14)12-3-2-11(19)6-13(12)20/h2-6H,7-10H2,1H3/t18-/m0/s1. The van der Waals surface area contributed by atoms with Crippen LogP contribution in [0.4, 0.5) is 8.78 Å². The Morgan fingerprint density at radius 3 is 2.96 bits per heavy atom. The second-order valence-corrected chi connectivity index (χ2v) is 8.13. The zero-order valence-corrected chi connectivity index (χ0v) is 14.9. The average molecular weight is 374 g/mol. The smallest absolute Gasteiger partial charge is 0.297 e. The molecule has 2 aromatic heterocycles. The first kappa shape index (κ1) is 15.9. The third kappa shape index (κ3) is 2.60. The molecule has 2 aliphatic heterocycles. The van der Waals surface area contributed by atoms with Crippen molar-refractivity contribution in [2.75, 3.05) is 6.54 Å². The van der Waals surface area contributed by atoms with E-state index in [-0.39, 0.29) is 5.60 Å². The molecule has 1 atom stereocenters. The summed E-state index contributed by atoms with van der Waals surface area (Å²) in [5.41, 5.74) is 1.01. The number of hydrogen-bond acceptors (Lipinski definition) is 5. The van der Waals surface area contributed by atoms with Crippen molar-refractivity contribution < 1.29 is 13.5 Å². The minimum Gasteiger partial charge on any atom is -0.455 e. The summed E-state index contributed by atoms with van der Waals surface area (Å²) >= 11 is 1.47. The zero-order valence-electron chi connectivity index (χ0n) is 14.1. The summed E-state index contributed by atoms with van der Waals surface area (Å²) in [6, 6.07) is 4.27. The quantitative estimate of drug-likeness (QED) is 0.704. The van der Waals surface area contributed by atoms with Crippen molar-refractivity contribution in [3.8, 4) is 16.6 Å².